The standard InChI is InChI=1S/C22H31NO4/c1-27-16-7-14(6-13-2-3-13)17-9-20-22(26)10-15(12-24)19(25)11-21(22,4-5-23-20)18(17)8-16/h7-8,13,15,19-20,23-26H,2-6,9-12H2,1H3. The molecule has 1 aromatic rings. The molecule has 27 heavy (non-hydrogen) atoms. The Bertz CT molecular complexity index is 748. The lowest BCUT2D eigenvalue weighted by atomic mass is 9.47. The number of piperidine rings is 1. The van der Waals surface area contributed by atoms with E-state index in [0.29, 0.717) is 12.8 Å². The third-order valence-electron chi connectivity index (χ3n) is 7.94. The Morgan fingerprint density at radius 2 is 2.07 bits per heavy atom. The zero-order valence-electron chi connectivity index (χ0n) is 16.1. The number of benzene rings is 1. The minimum absolute atomic E-state index is 0.0216. The monoisotopic (exact) mass is 373 g/mol. The van der Waals surface area contributed by atoms with Crippen LogP contribution in [0.25, 0.3) is 0 Å². The van der Waals surface area contributed by atoms with Gasteiger partial charge in [-0.3, -0.25) is 0 Å². The normalized spacial score (nSPS) is 40.2. The predicted molar refractivity (Wildman–Crippen MR) is 102 cm³/mol. The van der Waals surface area contributed by atoms with Crippen molar-refractivity contribution in [2.24, 2.45) is 11.8 Å². The van der Waals surface area contributed by atoms with Crippen molar-refractivity contribution < 1.29 is 20.1 Å². The molecule has 0 radical (unpaired) electrons. The molecule has 5 atom stereocenters. The molecule has 5 rings (SSSR count). The van der Waals surface area contributed by atoms with Crippen molar-refractivity contribution >= 4 is 0 Å². The van der Waals surface area contributed by atoms with E-state index in [0.717, 1.165) is 37.5 Å². The minimum Gasteiger partial charge on any atom is -0.497 e. The molecule has 4 N–H and O–H groups in total. The van der Waals surface area contributed by atoms with Gasteiger partial charge in [0, 0.05) is 24.0 Å². The second-order valence-electron chi connectivity index (χ2n) is 9.35. The van der Waals surface area contributed by atoms with Gasteiger partial charge in [0.1, 0.15) is 5.75 Å². The predicted octanol–water partition coefficient (Wildman–Crippen LogP) is 1.30. The Morgan fingerprint density at radius 3 is 2.78 bits per heavy atom. The number of aliphatic hydroxyl groups is 3. The molecule has 3 fully saturated rings. The average molecular weight is 373 g/mol. The Labute approximate surface area is 160 Å². The second kappa shape index (κ2) is 6.18. The molecule has 0 spiro atoms. The number of nitrogens with one attached hydrogen (secondary N) is 1. The summed E-state index contributed by atoms with van der Waals surface area (Å²) in [5.74, 6) is 1.38. The first-order valence-electron chi connectivity index (χ1n) is 10.5. The van der Waals surface area contributed by atoms with Gasteiger partial charge in [0.25, 0.3) is 0 Å². The number of methoxy groups -OCH3 is 1. The molecule has 1 aromatic carbocycles. The van der Waals surface area contributed by atoms with Crippen molar-refractivity contribution in [3.63, 3.8) is 0 Å². The summed E-state index contributed by atoms with van der Waals surface area (Å²) in [7, 11) is 1.71. The van der Waals surface area contributed by atoms with Gasteiger partial charge >= 0.3 is 0 Å². The summed E-state index contributed by atoms with van der Waals surface area (Å²) in [6.07, 6.45) is 5.68. The SMILES string of the molecule is COc1cc(CC2CC2)c2c(c1)C13CCNC(C2)C1(O)CC(CO)C(O)C3. The van der Waals surface area contributed by atoms with E-state index >= 15 is 0 Å². The van der Waals surface area contributed by atoms with Crippen LogP contribution in [-0.4, -0.2) is 53.3 Å². The van der Waals surface area contributed by atoms with Gasteiger partial charge in [0.05, 0.1) is 18.8 Å². The first-order valence-corrected chi connectivity index (χ1v) is 10.5. The fourth-order valence-electron chi connectivity index (χ4n) is 6.27. The highest BCUT2D eigenvalue weighted by Gasteiger charge is 2.64. The van der Waals surface area contributed by atoms with Gasteiger partial charge < -0.3 is 25.4 Å². The summed E-state index contributed by atoms with van der Waals surface area (Å²) in [5.41, 5.74) is 2.51. The molecule has 1 saturated heterocycles. The number of aliphatic hydroxyl groups excluding tert-OH is 2. The smallest absolute Gasteiger partial charge is 0.119 e. The van der Waals surface area contributed by atoms with E-state index in [-0.39, 0.29) is 18.6 Å². The number of ether oxygens (including phenoxy) is 1. The van der Waals surface area contributed by atoms with Crippen molar-refractivity contribution in [3.05, 3.63) is 28.8 Å². The second-order valence-corrected chi connectivity index (χ2v) is 9.35. The van der Waals surface area contributed by atoms with Crippen LogP contribution in [0.1, 0.15) is 48.8 Å². The molecule has 5 nitrogen and oxygen atoms in total. The molecule has 5 heteroatoms. The fourth-order valence-corrected chi connectivity index (χ4v) is 6.27. The lowest BCUT2D eigenvalue weighted by molar-refractivity contribution is -0.171. The molecule has 4 aliphatic rings. The van der Waals surface area contributed by atoms with Gasteiger partial charge in [-0.15, -0.1) is 0 Å². The molecular formula is C22H31NO4. The van der Waals surface area contributed by atoms with E-state index in [9.17, 15) is 15.3 Å². The summed E-state index contributed by atoms with van der Waals surface area (Å²) in [5, 5.41) is 36.0. The van der Waals surface area contributed by atoms with E-state index in [1.807, 2.05) is 0 Å². The Balaban J connectivity index is 1.68. The molecular weight excluding hydrogens is 342 g/mol. The van der Waals surface area contributed by atoms with Crippen molar-refractivity contribution in [2.45, 2.75) is 68.1 Å². The summed E-state index contributed by atoms with van der Waals surface area (Å²) in [6, 6.07) is 4.28. The average Bonchev–Trinajstić information content (AvgIpc) is 3.46. The number of hydrogen-bond donors (Lipinski definition) is 4. The Morgan fingerprint density at radius 1 is 1.26 bits per heavy atom. The maximum atomic E-state index is 12.0. The van der Waals surface area contributed by atoms with Crippen LogP contribution in [0.15, 0.2) is 12.1 Å². The molecule has 0 aromatic heterocycles. The molecule has 3 aliphatic carbocycles. The van der Waals surface area contributed by atoms with Crippen molar-refractivity contribution in [1.82, 2.24) is 5.32 Å². The zero-order valence-corrected chi connectivity index (χ0v) is 16.1. The van der Waals surface area contributed by atoms with Crippen LogP contribution in [0.5, 0.6) is 5.75 Å². The maximum Gasteiger partial charge on any atom is 0.119 e. The first-order chi connectivity index (χ1) is 13.0. The van der Waals surface area contributed by atoms with Gasteiger partial charge in [-0.1, -0.05) is 0 Å². The van der Waals surface area contributed by atoms with Crippen LogP contribution in [0.2, 0.25) is 0 Å². The van der Waals surface area contributed by atoms with Crippen molar-refractivity contribution in [3.8, 4) is 5.75 Å². The van der Waals surface area contributed by atoms with E-state index in [1.54, 1.807) is 7.11 Å². The maximum absolute atomic E-state index is 12.0. The van der Waals surface area contributed by atoms with Crippen molar-refractivity contribution in [2.75, 3.05) is 20.3 Å². The minimum atomic E-state index is -0.936. The highest BCUT2D eigenvalue weighted by molar-refractivity contribution is 5.53. The lowest BCUT2D eigenvalue weighted by Crippen LogP contribution is -2.74. The van der Waals surface area contributed by atoms with Crippen LogP contribution >= 0.6 is 0 Å². The molecule has 0 amide bonds. The highest BCUT2D eigenvalue weighted by Crippen LogP contribution is 2.58. The Kier molecular flexibility index (Phi) is 4.10. The molecule has 2 saturated carbocycles. The summed E-state index contributed by atoms with van der Waals surface area (Å²) >= 11 is 0. The molecule has 2 bridgehead atoms. The van der Waals surface area contributed by atoms with Gasteiger partial charge in [0.2, 0.25) is 0 Å². The largest absolute Gasteiger partial charge is 0.497 e. The van der Waals surface area contributed by atoms with E-state index in [2.05, 4.69) is 17.4 Å². The highest BCUT2D eigenvalue weighted by atomic mass is 16.5. The third kappa shape index (κ3) is 2.52. The number of hydrogen-bond acceptors (Lipinski definition) is 5. The van der Waals surface area contributed by atoms with Crippen LogP contribution in [0.3, 0.4) is 0 Å². The van der Waals surface area contributed by atoms with Crippen LogP contribution in [-0.2, 0) is 18.3 Å². The Hall–Kier alpha value is -1.14. The van der Waals surface area contributed by atoms with Gasteiger partial charge in [0.15, 0.2) is 0 Å². The number of rotatable bonds is 4. The van der Waals surface area contributed by atoms with Crippen LogP contribution in [0.4, 0.5) is 0 Å². The first kappa shape index (κ1) is 17.9. The van der Waals surface area contributed by atoms with Gasteiger partial charge in [-0.05, 0) is 86.2 Å². The summed E-state index contributed by atoms with van der Waals surface area (Å²) < 4.78 is 5.64. The number of fused-ring (bicyclic) bond motifs is 1. The zero-order chi connectivity index (χ0) is 18.8. The van der Waals surface area contributed by atoms with Crippen LogP contribution < -0.4 is 10.1 Å². The van der Waals surface area contributed by atoms with Gasteiger partial charge in [-0.2, -0.15) is 0 Å². The summed E-state index contributed by atoms with van der Waals surface area (Å²) in [4.78, 5) is 0. The van der Waals surface area contributed by atoms with Crippen molar-refractivity contribution in [1.29, 1.82) is 0 Å². The van der Waals surface area contributed by atoms with E-state index in [1.165, 1.54) is 29.5 Å². The molecule has 148 valence electrons. The molecule has 1 heterocycles. The van der Waals surface area contributed by atoms with E-state index < -0.39 is 17.1 Å². The quantitative estimate of drug-likeness (QED) is 0.640. The van der Waals surface area contributed by atoms with Gasteiger partial charge in [-0.25, -0.2) is 0 Å². The summed E-state index contributed by atoms with van der Waals surface area (Å²) in [6.45, 7) is 0.766. The molecule has 1 aliphatic heterocycles. The lowest BCUT2D eigenvalue weighted by Gasteiger charge is -2.63. The molecule has 5 unspecified atom stereocenters. The third-order valence-corrected chi connectivity index (χ3v) is 7.94. The van der Waals surface area contributed by atoms with Crippen LogP contribution in [0, 0.1) is 11.8 Å². The topological polar surface area (TPSA) is 82.0 Å². The fraction of sp³-hybridized carbons (Fsp3) is 0.727. The van der Waals surface area contributed by atoms with E-state index in [4.69, 9.17) is 4.74 Å².